The number of aromatic nitrogens is 1. The van der Waals surface area contributed by atoms with Gasteiger partial charge in [-0.25, -0.2) is 4.98 Å². The number of aryl methyl sites for hydroxylation is 1. The monoisotopic (exact) mass is 333 g/mol. The molecule has 1 aromatic rings. The first-order valence-electron chi connectivity index (χ1n) is 8.59. The standard InChI is InChI=1S/C20H31NOS/c1-5-11-20(22-4)15-14-17(2)12-9-7-6-8-10-13-19-16-23-18(3)21-19/h7,9-10,12-13,16,20H,5-6,8,11,14-15H2,1-4H3/b9-7+,13-10-,17-12+. The van der Waals surface area contributed by atoms with E-state index in [1.165, 1.54) is 12.0 Å². The summed E-state index contributed by atoms with van der Waals surface area (Å²) >= 11 is 1.70. The number of rotatable bonds is 11. The number of ether oxygens (including phenoxy) is 1. The van der Waals surface area contributed by atoms with Gasteiger partial charge in [0.15, 0.2) is 0 Å². The third kappa shape index (κ3) is 9.52. The zero-order valence-electron chi connectivity index (χ0n) is 15.0. The molecule has 0 aliphatic carbocycles. The molecule has 128 valence electrons. The van der Waals surface area contributed by atoms with Gasteiger partial charge in [0, 0.05) is 12.5 Å². The van der Waals surface area contributed by atoms with Crippen LogP contribution in [0.2, 0.25) is 0 Å². The van der Waals surface area contributed by atoms with Gasteiger partial charge in [-0.1, -0.05) is 43.2 Å². The lowest BCUT2D eigenvalue weighted by atomic mass is 10.0. The van der Waals surface area contributed by atoms with Crippen LogP contribution in [0, 0.1) is 6.92 Å². The maximum Gasteiger partial charge on any atom is 0.0901 e. The van der Waals surface area contributed by atoms with Crippen LogP contribution < -0.4 is 0 Å². The summed E-state index contributed by atoms with van der Waals surface area (Å²) in [5.41, 5.74) is 2.50. The van der Waals surface area contributed by atoms with E-state index in [0.29, 0.717) is 6.10 Å². The van der Waals surface area contributed by atoms with Crippen molar-refractivity contribution in [2.45, 2.75) is 65.4 Å². The molecule has 0 saturated heterocycles. The van der Waals surface area contributed by atoms with E-state index in [1.807, 2.05) is 14.0 Å². The molecule has 0 aromatic carbocycles. The molecule has 1 atom stereocenters. The molecule has 0 N–H and O–H groups in total. The van der Waals surface area contributed by atoms with Crippen LogP contribution in [0.4, 0.5) is 0 Å². The van der Waals surface area contributed by atoms with E-state index in [2.05, 4.69) is 54.6 Å². The number of hydrogen-bond donors (Lipinski definition) is 0. The van der Waals surface area contributed by atoms with E-state index in [4.69, 9.17) is 4.74 Å². The highest BCUT2D eigenvalue weighted by Gasteiger charge is 2.05. The first-order valence-corrected chi connectivity index (χ1v) is 9.47. The average Bonchev–Trinajstić information content (AvgIpc) is 2.95. The number of allylic oxidation sites excluding steroid dienone is 5. The molecule has 2 nitrogen and oxygen atoms in total. The Morgan fingerprint density at radius 1 is 1.30 bits per heavy atom. The summed E-state index contributed by atoms with van der Waals surface area (Å²) in [4.78, 5) is 4.42. The van der Waals surface area contributed by atoms with Crippen LogP contribution in [0.15, 0.2) is 35.3 Å². The van der Waals surface area contributed by atoms with Gasteiger partial charge in [0.1, 0.15) is 0 Å². The molecule has 0 aliphatic rings. The first kappa shape index (κ1) is 19.9. The lowest BCUT2D eigenvalue weighted by molar-refractivity contribution is 0.0876. The molecule has 1 aromatic heterocycles. The Bertz CT molecular complexity index is 513. The Morgan fingerprint density at radius 2 is 2.09 bits per heavy atom. The smallest absolute Gasteiger partial charge is 0.0901 e. The van der Waals surface area contributed by atoms with E-state index >= 15 is 0 Å². The number of unbranched alkanes of at least 4 members (excludes halogenated alkanes) is 1. The van der Waals surface area contributed by atoms with Crippen LogP contribution in [0.1, 0.15) is 63.1 Å². The molecular weight excluding hydrogens is 302 g/mol. The number of nitrogens with zero attached hydrogens (tertiary/aromatic N) is 1. The highest BCUT2D eigenvalue weighted by Crippen LogP contribution is 2.13. The van der Waals surface area contributed by atoms with Crippen molar-refractivity contribution >= 4 is 17.4 Å². The maximum atomic E-state index is 5.49. The summed E-state index contributed by atoms with van der Waals surface area (Å²) in [6, 6.07) is 0. The van der Waals surface area contributed by atoms with Crippen LogP contribution in [-0.2, 0) is 4.74 Å². The van der Waals surface area contributed by atoms with Gasteiger partial charge in [-0.3, -0.25) is 0 Å². The molecule has 0 amide bonds. The molecule has 1 unspecified atom stereocenters. The van der Waals surface area contributed by atoms with Gasteiger partial charge in [0.05, 0.1) is 16.8 Å². The predicted molar refractivity (Wildman–Crippen MR) is 103 cm³/mol. The molecule has 23 heavy (non-hydrogen) atoms. The normalized spacial score (nSPS) is 14.2. The Labute approximate surface area is 146 Å². The summed E-state index contributed by atoms with van der Waals surface area (Å²) in [7, 11) is 1.82. The second kappa shape index (κ2) is 12.3. The van der Waals surface area contributed by atoms with Crippen molar-refractivity contribution in [1.29, 1.82) is 0 Å². The van der Waals surface area contributed by atoms with Crippen LogP contribution in [0.25, 0.3) is 6.08 Å². The minimum absolute atomic E-state index is 0.409. The zero-order chi connectivity index (χ0) is 16.9. The molecule has 1 rings (SSSR count). The van der Waals surface area contributed by atoms with Gasteiger partial charge in [0.2, 0.25) is 0 Å². The zero-order valence-corrected chi connectivity index (χ0v) is 15.9. The summed E-state index contributed by atoms with van der Waals surface area (Å²) in [6.07, 6.45) is 18.1. The molecule has 0 fully saturated rings. The van der Waals surface area contributed by atoms with Crippen molar-refractivity contribution in [3.63, 3.8) is 0 Å². The summed E-state index contributed by atoms with van der Waals surface area (Å²) in [5, 5.41) is 3.22. The van der Waals surface area contributed by atoms with E-state index in [-0.39, 0.29) is 0 Å². The largest absolute Gasteiger partial charge is 0.381 e. The van der Waals surface area contributed by atoms with Crippen molar-refractivity contribution in [2.24, 2.45) is 0 Å². The van der Waals surface area contributed by atoms with Crippen molar-refractivity contribution in [2.75, 3.05) is 7.11 Å². The Balaban J connectivity index is 2.19. The quantitative estimate of drug-likeness (QED) is 0.348. The van der Waals surface area contributed by atoms with Crippen molar-refractivity contribution in [1.82, 2.24) is 4.98 Å². The second-order valence-corrected chi connectivity index (χ2v) is 6.96. The average molecular weight is 334 g/mol. The first-order chi connectivity index (χ1) is 11.2. The van der Waals surface area contributed by atoms with Gasteiger partial charge in [0.25, 0.3) is 0 Å². The molecule has 3 heteroatoms. The van der Waals surface area contributed by atoms with E-state index in [0.717, 1.165) is 42.8 Å². The van der Waals surface area contributed by atoms with Gasteiger partial charge >= 0.3 is 0 Å². The lowest BCUT2D eigenvalue weighted by Gasteiger charge is -2.13. The Kier molecular flexibility index (Phi) is 10.6. The topological polar surface area (TPSA) is 22.1 Å². The fraction of sp³-hybridized carbons (Fsp3) is 0.550. The van der Waals surface area contributed by atoms with Crippen molar-refractivity contribution in [3.8, 4) is 0 Å². The number of thiazole rings is 1. The van der Waals surface area contributed by atoms with Gasteiger partial charge in [-0.05, 0) is 52.0 Å². The fourth-order valence-electron chi connectivity index (χ4n) is 2.36. The summed E-state index contributed by atoms with van der Waals surface area (Å²) in [5.74, 6) is 0. The van der Waals surface area contributed by atoms with Crippen molar-refractivity contribution < 1.29 is 4.74 Å². The maximum absolute atomic E-state index is 5.49. The highest BCUT2D eigenvalue weighted by molar-refractivity contribution is 7.09. The molecule has 0 bridgehead atoms. The SMILES string of the molecule is CCCC(CC/C(C)=C/C=C/CC/C=C\c1csc(C)n1)OC. The number of methoxy groups -OCH3 is 1. The molecule has 0 aliphatic heterocycles. The van der Waals surface area contributed by atoms with Crippen LogP contribution in [0.5, 0.6) is 0 Å². The van der Waals surface area contributed by atoms with Gasteiger partial charge in [-0.2, -0.15) is 0 Å². The molecule has 1 heterocycles. The highest BCUT2D eigenvalue weighted by atomic mass is 32.1. The number of hydrogen-bond acceptors (Lipinski definition) is 3. The fourth-order valence-corrected chi connectivity index (χ4v) is 2.94. The molecule has 0 saturated carbocycles. The van der Waals surface area contributed by atoms with Crippen molar-refractivity contribution in [3.05, 3.63) is 46.0 Å². The summed E-state index contributed by atoms with van der Waals surface area (Å²) in [6.45, 7) is 6.45. The molecule has 0 spiro atoms. The third-order valence-corrected chi connectivity index (χ3v) is 4.54. The van der Waals surface area contributed by atoms with Crippen LogP contribution in [-0.4, -0.2) is 18.2 Å². The molecule has 0 radical (unpaired) electrons. The third-order valence-electron chi connectivity index (χ3n) is 3.75. The Morgan fingerprint density at radius 3 is 2.74 bits per heavy atom. The molecular formula is C20H31NOS. The lowest BCUT2D eigenvalue weighted by Crippen LogP contribution is -2.09. The van der Waals surface area contributed by atoms with Crippen LogP contribution in [0.3, 0.4) is 0 Å². The predicted octanol–water partition coefficient (Wildman–Crippen LogP) is 6.34. The van der Waals surface area contributed by atoms with Gasteiger partial charge in [-0.15, -0.1) is 11.3 Å². The summed E-state index contributed by atoms with van der Waals surface area (Å²) < 4.78 is 5.49. The van der Waals surface area contributed by atoms with E-state index in [1.54, 1.807) is 11.3 Å². The Hall–Kier alpha value is -1.19. The van der Waals surface area contributed by atoms with Crippen LogP contribution >= 0.6 is 11.3 Å². The second-order valence-electron chi connectivity index (χ2n) is 5.90. The van der Waals surface area contributed by atoms with Gasteiger partial charge < -0.3 is 4.74 Å². The van der Waals surface area contributed by atoms with E-state index in [9.17, 15) is 0 Å². The minimum atomic E-state index is 0.409. The minimum Gasteiger partial charge on any atom is -0.381 e. The van der Waals surface area contributed by atoms with E-state index < -0.39 is 0 Å².